The first-order valence-corrected chi connectivity index (χ1v) is 7.55. The average molecular weight is 287 g/mol. The van der Waals surface area contributed by atoms with Crippen LogP contribution in [0.2, 0.25) is 0 Å². The van der Waals surface area contributed by atoms with Gasteiger partial charge in [-0.2, -0.15) is 0 Å². The fourth-order valence-corrected chi connectivity index (χ4v) is 3.01. The first-order valence-electron chi connectivity index (χ1n) is 5.74. The predicted octanol–water partition coefficient (Wildman–Crippen LogP) is 2.06. The van der Waals surface area contributed by atoms with Gasteiger partial charge in [0.25, 0.3) is 7.52 Å². The Hall–Kier alpha value is -1.20. The third-order valence-corrected chi connectivity index (χ3v) is 4.27. The molecule has 0 bridgehead atoms. The summed E-state index contributed by atoms with van der Waals surface area (Å²) in [6, 6.07) is 8.23. The van der Waals surface area contributed by atoms with Gasteiger partial charge >= 0.3 is 5.97 Å². The van der Waals surface area contributed by atoms with Crippen molar-refractivity contribution < 1.29 is 23.7 Å². The summed E-state index contributed by atoms with van der Waals surface area (Å²) in [6.45, 7) is 1.53. The highest BCUT2D eigenvalue weighted by Crippen LogP contribution is 2.43. The second-order valence-corrected chi connectivity index (χ2v) is 6.16. The van der Waals surface area contributed by atoms with Gasteiger partial charge in [0.2, 0.25) is 0 Å². The third-order valence-electron chi connectivity index (χ3n) is 2.34. The van der Waals surface area contributed by atoms with E-state index in [1.807, 2.05) is 30.3 Å². The molecule has 0 aliphatic carbocycles. The molecule has 0 saturated heterocycles. The van der Waals surface area contributed by atoms with Crippen molar-refractivity contribution >= 4 is 13.5 Å². The van der Waals surface area contributed by atoms with Crippen molar-refractivity contribution in [3.05, 3.63) is 35.9 Å². The lowest BCUT2D eigenvalue weighted by Gasteiger charge is -2.21. The molecule has 19 heavy (non-hydrogen) atoms. The van der Waals surface area contributed by atoms with E-state index in [-0.39, 0.29) is 13.0 Å². The summed E-state index contributed by atoms with van der Waals surface area (Å²) in [7, 11) is -1.97. The van der Waals surface area contributed by atoms with E-state index < -0.39 is 19.5 Å². The molecule has 7 heteroatoms. The fourth-order valence-electron chi connectivity index (χ4n) is 1.39. The van der Waals surface area contributed by atoms with Crippen LogP contribution < -0.4 is 5.09 Å². The zero-order chi connectivity index (χ0) is 14.3. The molecule has 1 rings (SSSR count). The number of methoxy groups -OCH3 is 1. The van der Waals surface area contributed by atoms with Crippen LogP contribution in [0.1, 0.15) is 12.5 Å². The molecule has 0 radical (unpaired) electrons. The molecule has 1 aromatic carbocycles. The highest BCUT2D eigenvalue weighted by Gasteiger charge is 2.28. The summed E-state index contributed by atoms with van der Waals surface area (Å²) in [5, 5.41) is 11.3. The predicted molar refractivity (Wildman–Crippen MR) is 70.9 cm³/mol. The number of ether oxygens (including phenoxy) is 1. The molecular formula is C12H18NO5P. The first kappa shape index (κ1) is 15.9. The van der Waals surface area contributed by atoms with Crippen molar-refractivity contribution in [2.24, 2.45) is 0 Å². The molecule has 0 heterocycles. The third kappa shape index (κ3) is 5.53. The molecule has 0 amide bonds. The summed E-state index contributed by atoms with van der Waals surface area (Å²) in [5.74, 6) is -1.10. The standard InChI is InChI=1S/C12H18NO5P/c1-10(12(14)15)13-19(16,9-17-2)18-8-11-6-4-3-5-7-11/h3-7,10H,8-9H2,1-2H3,(H,13,16)(H,14,15). The zero-order valence-electron chi connectivity index (χ0n) is 10.9. The number of carbonyl (C=O) groups is 1. The molecular weight excluding hydrogens is 269 g/mol. The SMILES string of the molecule is COCP(=O)(NC(C)C(=O)O)OCc1ccccc1. The molecule has 2 atom stereocenters. The van der Waals surface area contributed by atoms with Crippen LogP contribution in [-0.4, -0.2) is 30.6 Å². The van der Waals surface area contributed by atoms with Gasteiger partial charge in [0, 0.05) is 7.11 Å². The largest absolute Gasteiger partial charge is 0.480 e. The lowest BCUT2D eigenvalue weighted by Crippen LogP contribution is -2.33. The van der Waals surface area contributed by atoms with Crippen LogP contribution >= 0.6 is 7.52 Å². The Kier molecular flexibility index (Phi) is 6.18. The van der Waals surface area contributed by atoms with Gasteiger partial charge in [0.15, 0.2) is 0 Å². The van der Waals surface area contributed by atoms with Gasteiger partial charge in [-0.1, -0.05) is 30.3 Å². The van der Waals surface area contributed by atoms with Crippen LogP contribution in [0.25, 0.3) is 0 Å². The van der Waals surface area contributed by atoms with Crippen LogP contribution in [0, 0.1) is 0 Å². The van der Waals surface area contributed by atoms with Crippen LogP contribution in [0.5, 0.6) is 0 Å². The first-order chi connectivity index (χ1) is 8.97. The van der Waals surface area contributed by atoms with E-state index in [9.17, 15) is 9.36 Å². The maximum absolute atomic E-state index is 12.4. The monoisotopic (exact) mass is 287 g/mol. The molecule has 0 saturated carbocycles. The number of nitrogens with one attached hydrogen (secondary N) is 1. The minimum Gasteiger partial charge on any atom is -0.480 e. The summed E-state index contributed by atoms with van der Waals surface area (Å²) < 4.78 is 22.5. The quantitative estimate of drug-likeness (QED) is 0.712. The van der Waals surface area contributed by atoms with Crippen molar-refractivity contribution in [2.75, 3.05) is 13.5 Å². The van der Waals surface area contributed by atoms with Crippen LogP contribution in [-0.2, 0) is 25.2 Å². The van der Waals surface area contributed by atoms with Crippen LogP contribution in [0.3, 0.4) is 0 Å². The maximum Gasteiger partial charge on any atom is 0.320 e. The lowest BCUT2D eigenvalue weighted by atomic mass is 10.2. The molecule has 0 fully saturated rings. The normalized spacial score (nSPS) is 15.7. The van der Waals surface area contributed by atoms with Gasteiger partial charge in [-0.25, -0.2) is 5.09 Å². The van der Waals surface area contributed by atoms with E-state index >= 15 is 0 Å². The van der Waals surface area contributed by atoms with Gasteiger partial charge in [0.05, 0.1) is 6.61 Å². The highest BCUT2D eigenvalue weighted by atomic mass is 31.2. The second-order valence-electron chi connectivity index (χ2n) is 4.04. The topological polar surface area (TPSA) is 84.9 Å². The fraction of sp³-hybridized carbons (Fsp3) is 0.417. The van der Waals surface area contributed by atoms with Gasteiger partial charge in [-0.05, 0) is 12.5 Å². The smallest absolute Gasteiger partial charge is 0.320 e. The van der Waals surface area contributed by atoms with Gasteiger partial charge in [0.1, 0.15) is 12.4 Å². The van der Waals surface area contributed by atoms with E-state index in [1.165, 1.54) is 14.0 Å². The number of carboxylic acid groups (broad SMARTS) is 1. The number of benzene rings is 1. The minimum atomic E-state index is -3.35. The molecule has 0 aliphatic heterocycles. The van der Waals surface area contributed by atoms with E-state index in [0.29, 0.717) is 0 Å². The Morgan fingerprint density at radius 1 is 1.42 bits per heavy atom. The van der Waals surface area contributed by atoms with E-state index in [1.54, 1.807) is 0 Å². The van der Waals surface area contributed by atoms with Crippen molar-refractivity contribution in [2.45, 2.75) is 19.6 Å². The van der Waals surface area contributed by atoms with E-state index in [0.717, 1.165) is 5.56 Å². The van der Waals surface area contributed by atoms with Gasteiger partial charge in [-0.3, -0.25) is 9.36 Å². The van der Waals surface area contributed by atoms with Crippen LogP contribution in [0.4, 0.5) is 0 Å². The Morgan fingerprint density at radius 3 is 2.58 bits per heavy atom. The Morgan fingerprint density at radius 2 is 2.05 bits per heavy atom. The second kappa shape index (κ2) is 7.40. The van der Waals surface area contributed by atoms with Crippen molar-refractivity contribution in [1.82, 2.24) is 5.09 Å². The molecule has 106 valence electrons. The van der Waals surface area contributed by atoms with E-state index in [4.69, 9.17) is 14.4 Å². The van der Waals surface area contributed by atoms with E-state index in [2.05, 4.69) is 5.09 Å². The summed E-state index contributed by atoms with van der Waals surface area (Å²) in [6.07, 6.45) is -0.183. The summed E-state index contributed by atoms with van der Waals surface area (Å²) >= 11 is 0. The molecule has 0 aliphatic rings. The maximum atomic E-state index is 12.4. The highest BCUT2D eigenvalue weighted by molar-refractivity contribution is 7.56. The number of aliphatic carboxylic acids is 1. The molecule has 1 aromatic rings. The Labute approximate surface area is 112 Å². The van der Waals surface area contributed by atoms with Crippen molar-refractivity contribution in [3.8, 4) is 0 Å². The Balaban J connectivity index is 2.66. The average Bonchev–Trinajstić information content (AvgIpc) is 2.38. The molecule has 6 nitrogen and oxygen atoms in total. The molecule has 0 aromatic heterocycles. The van der Waals surface area contributed by atoms with Crippen molar-refractivity contribution in [1.29, 1.82) is 0 Å². The number of carboxylic acids is 1. The molecule has 2 unspecified atom stereocenters. The van der Waals surface area contributed by atoms with Gasteiger partial charge < -0.3 is 14.4 Å². The summed E-state index contributed by atoms with van der Waals surface area (Å²) in [5.41, 5.74) is 0.851. The lowest BCUT2D eigenvalue weighted by molar-refractivity contribution is -0.138. The number of rotatable bonds is 8. The van der Waals surface area contributed by atoms with Crippen LogP contribution in [0.15, 0.2) is 30.3 Å². The zero-order valence-corrected chi connectivity index (χ0v) is 11.8. The summed E-state index contributed by atoms with van der Waals surface area (Å²) in [4.78, 5) is 10.8. The number of hydrogen-bond acceptors (Lipinski definition) is 4. The minimum absolute atomic E-state index is 0.126. The molecule has 2 N–H and O–H groups in total. The molecule has 0 spiro atoms. The van der Waals surface area contributed by atoms with Gasteiger partial charge in [-0.15, -0.1) is 0 Å². The number of hydrogen-bond donors (Lipinski definition) is 2. The Bertz CT molecular complexity index is 451. The van der Waals surface area contributed by atoms with Crippen molar-refractivity contribution in [3.63, 3.8) is 0 Å².